The fraction of sp³-hybridized carbons (Fsp3) is 0.452. The van der Waals surface area contributed by atoms with Gasteiger partial charge in [0.25, 0.3) is 5.91 Å². The molecule has 0 spiro atoms. The quantitative estimate of drug-likeness (QED) is 0.264. The van der Waals surface area contributed by atoms with Gasteiger partial charge in [-0.05, 0) is 69.9 Å². The van der Waals surface area contributed by atoms with Crippen LogP contribution in [0.5, 0.6) is 5.75 Å². The van der Waals surface area contributed by atoms with Crippen molar-refractivity contribution in [1.29, 1.82) is 0 Å². The van der Waals surface area contributed by atoms with E-state index in [0.29, 0.717) is 17.0 Å². The summed E-state index contributed by atoms with van der Waals surface area (Å²) in [5.74, 6) is -2.38. The summed E-state index contributed by atoms with van der Waals surface area (Å²) in [7, 11) is 1.53. The first kappa shape index (κ1) is 33.8. The first-order valence-electron chi connectivity index (χ1n) is 13.8. The number of methoxy groups -OCH3 is 1. The molecule has 4 N–H and O–H groups in total. The Balaban J connectivity index is 2.24. The number of para-hydroxylation sites is 1. The average Bonchev–Trinajstić information content (AvgIpc) is 2.91. The molecule has 2 aromatic rings. The summed E-state index contributed by atoms with van der Waals surface area (Å²) in [6.45, 7) is 10.3. The molecule has 11 nitrogen and oxygen atoms in total. The van der Waals surface area contributed by atoms with E-state index in [-0.39, 0.29) is 18.8 Å². The molecular formula is C31H42N4O7. The van der Waals surface area contributed by atoms with Crippen LogP contribution in [0.25, 0.3) is 0 Å². The summed E-state index contributed by atoms with van der Waals surface area (Å²) in [5.41, 5.74) is 0.390. The molecule has 2 rings (SSSR count). The van der Waals surface area contributed by atoms with Gasteiger partial charge in [-0.1, -0.05) is 44.2 Å². The smallest absolute Gasteiger partial charge is 0.408 e. The van der Waals surface area contributed by atoms with Gasteiger partial charge in [-0.3, -0.25) is 19.2 Å². The van der Waals surface area contributed by atoms with Gasteiger partial charge in [0.2, 0.25) is 17.6 Å². The summed E-state index contributed by atoms with van der Waals surface area (Å²) >= 11 is 0. The highest BCUT2D eigenvalue weighted by molar-refractivity contribution is 6.42. The lowest BCUT2D eigenvalue weighted by Gasteiger charge is -2.25. The van der Waals surface area contributed by atoms with Crippen molar-refractivity contribution in [2.45, 2.75) is 78.1 Å². The molecule has 11 heteroatoms. The zero-order valence-corrected chi connectivity index (χ0v) is 25.3. The number of carbonyl (C=O) groups is 5. The average molecular weight is 583 g/mol. The number of amides is 4. The molecule has 0 aliphatic heterocycles. The Kier molecular flexibility index (Phi) is 12.5. The van der Waals surface area contributed by atoms with Crippen molar-refractivity contribution in [1.82, 2.24) is 16.0 Å². The summed E-state index contributed by atoms with van der Waals surface area (Å²) in [5, 5.41) is 10.3. The summed E-state index contributed by atoms with van der Waals surface area (Å²) < 4.78 is 10.4. The van der Waals surface area contributed by atoms with Gasteiger partial charge in [-0.2, -0.15) is 0 Å². The minimum absolute atomic E-state index is 0.0311. The standard InChI is InChI=1S/C31H42N4O7/c1-19(2)17-24(26(36)29(39)33-22-11-9-8-10-12-22)34-28(38)25(18-21-13-15-23(41-7)16-14-21)35-27(37)20(3)32-30(40)42-31(4,5)6/h8-16,19-20,24-25H,17-18H2,1-7H3,(H,32,40)(H,33,39)(H,34,38)(H,35,37)/t20-,24-,25-/m0/s1. The van der Waals surface area contributed by atoms with Crippen LogP contribution in [-0.2, 0) is 30.3 Å². The first-order valence-corrected chi connectivity index (χ1v) is 13.8. The second kappa shape index (κ2) is 15.6. The number of ether oxygens (including phenoxy) is 2. The molecular weight excluding hydrogens is 540 g/mol. The molecule has 0 bridgehead atoms. The van der Waals surface area contributed by atoms with E-state index < -0.39 is 53.3 Å². The molecule has 0 radical (unpaired) electrons. The van der Waals surface area contributed by atoms with Gasteiger partial charge in [-0.25, -0.2) is 4.79 Å². The lowest BCUT2D eigenvalue weighted by atomic mass is 9.98. The van der Waals surface area contributed by atoms with Gasteiger partial charge in [0.05, 0.1) is 13.2 Å². The summed E-state index contributed by atoms with van der Waals surface area (Å²) in [6, 6.07) is 12.2. The predicted molar refractivity (Wildman–Crippen MR) is 159 cm³/mol. The Morgan fingerprint density at radius 1 is 0.786 bits per heavy atom. The Hall–Kier alpha value is -4.41. The van der Waals surface area contributed by atoms with E-state index in [0.717, 1.165) is 0 Å². The predicted octanol–water partition coefficient (Wildman–Crippen LogP) is 3.37. The van der Waals surface area contributed by atoms with Crippen LogP contribution in [0.3, 0.4) is 0 Å². The summed E-state index contributed by atoms with van der Waals surface area (Å²) in [4.78, 5) is 64.7. The van der Waals surface area contributed by atoms with E-state index in [9.17, 15) is 24.0 Å². The fourth-order valence-corrected chi connectivity index (χ4v) is 3.90. The molecule has 2 aromatic carbocycles. The van der Waals surface area contributed by atoms with Crippen molar-refractivity contribution >= 4 is 35.3 Å². The van der Waals surface area contributed by atoms with E-state index >= 15 is 0 Å². The third-order valence-corrected chi connectivity index (χ3v) is 5.95. The van der Waals surface area contributed by atoms with Gasteiger partial charge < -0.3 is 30.7 Å². The molecule has 0 unspecified atom stereocenters. The molecule has 3 atom stereocenters. The largest absolute Gasteiger partial charge is 0.497 e. The Bertz CT molecular complexity index is 1220. The number of nitrogens with one attached hydrogen (secondary N) is 4. The molecule has 0 aliphatic carbocycles. The van der Waals surface area contributed by atoms with Crippen molar-refractivity contribution in [3.05, 3.63) is 60.2 Å². The number of benzene rings is 2. The molecule has 0 heterocycles. The number of rotatable bonds is 13. The Labute approximate surface area is 247 Å². The van der Waals surface area contributed by atoms with E-state index in [1.54, 1.807) is 75.4 Å². The highest BCUT2D eigenvalue weighted by Gasteiger charge is 2.32. The van der Waals surface area contributed by atoms with Crippen LogP contribution in [-0.4, -0.2) is 60.4 Å². The minimum Gasteiger partial charge on any atom is -0.497 e. The van der Waals surface area contributed by atoms with Crippen molar-refractivity contribution in [3.8, 4) is 5.75 Å². The topological polar surface area (TPSA) is 152 Å². The van der Waals surface area contributed by atoms with Crippen LogP contribution in [0, 0.1) is 5.92 Å². The molecule has 228 valence electrons. The maximum atomic E-state index is 13.6. The maximum absolute atomic E-state index is 13.6. The minimum atomic E-state index is -1.13. The molecule has 0 saturated heterocycles. The Morgan fingerprint density at radius 3 is 1.93 bits per heavy atom. The van der Waals surface area contributed by atoms with Gasteiger partial charge >= 0.3 is 6.09 Å². The van der Waals surface area contributed by atoms with Crippen LogP contribution in [0.2, 0.25) is 0 Å². The highest BCUT2D eigenvalue weighted by atomic mass is 16.6. The van der Waals surface area contributed by atoms with Gasteiger partial charge in [0.1, 0.15) is 23.4 Å². The van der Waals surface area contributed by atoms with Crippen LogP contribution in [0.1, 0.15) is 53.5 Å². The SMILES string of the molecule is COc1ccc(C[C@H](NC(=O)[C@H](C)NC(=O)OC(C)(C)C)C(=O)N[C@@H](CC(C)C)C(=O)C(=O)Nc2ccccc2)cc1. The highest BCUT2D eigenvalue weighted by Crippen LogP contribution is 2.14. The van der Waals surface area contributed by atoms with Gasteiger partial charge in [0.15, 0.2) is 0 Å². The number of hydrogen-bond acceptors (Lipinski definition) is 7. The monoisotopic (exact) mass is 582 g/mol. The van der Waals surface area contributed by atoms with E-state index in [2.05, 4.69) is 21.3 Å². The van der Waals surface area contributed by atoms with Crippen LogP contribution in [0.15, 0.2) is 54.6 Å². The third kappa shape index (κ3) is 11.6. The number of alkyl carbamates (subject to hydrolysis) is 1. The van der Waals surface area contributed by atoms with Gasteiger partial charge in [0, 0.05) is 12.1 Å². The van der Waals surface area contributed by atoms with Crippen molar-refractivity contribution in [3.63, 3.8) is 0 Å². The van der Waals surface area contributed by atoms with Crippen molar-refractivity contribution < 1.29 is 33.4 Å². The zero-order valence-electron chi connectivity index (χ0n) is 25.3. The lowest BCUT2D eigenvalue weighted by Crippen LogP contribution is -2.57. The zero-order chi connectivity index (χ0) is 31.4. The normalized spacial score (nSPS) is 13.2. The number of hydrogen-bond donors (Lipinski definition) is 4. The molecule has 0 aliphatic rings. The lowest BCUT2D eigenvalue weighted by molar-refractivity contribution is -0.138. The van der Waals surface area contributed by atoms with E-state index in [1.807, 2.05) is 13.8 Å². The van der Waals surface area contributed by atoms with Crippen molar-refractivity contribution in [2.75, 3.05) is 12.4 Å². The van der Waals surface area contributed by atoms with Crippen LogP contribution < -0.4 is 26.0 Å². The fourth-order valence-electron chi connectivity index (χ4n) is 3.90. The van der Waals surface area contributed by atoms with E-state index in [1.165, 1.54) is 14.0 Å². The maximum Gasteiger partial charge on any atom is 0.408 e. The van der Waals surface area contributed by atoms with Crippen LogP contribution in [0.4, 0.5) is 10.5 Å². The number of anilines is 1. The Morgan fingerprint density at radius 2 is 1.38 bits per heavy atom. The van der Waals surface area contributed by atoms with E-state index in [4.69, 9.17) is 9.47 Å². The third-order valence-electron chi connectivity index (χ3n) is 5.95. The number of ketones is 1. The molecule has 4 amide bonds. The molecule has 0 saturated carbocycles. The molecule has 0 fully saturated rings. The second-order valence-corrected chi connectivity index (χ2v) is 11.4. The second-order valence-electron chi connectivity index (χ2n) is 11.4. The van der Waals surface area contributed by atoms with Gasteiger partial charge in [-0.15, -0.1) is 0 Å². The number of Topliss-reactive ketones (excluding diaryl/α,β-unsaturated/α-hetero) is 1. The molecule has 42 heavy (non-hydrogen) atoms. The van der Waals surface area contributed by atoms with Crippen molar-refractivity contribution in [2.24, 2.45) is 5.92 Å². The number of carbonyl (C=O) groups excluding carboxylic acids is 5. The van der Waals surface area contributed by atoms with Crippen LogP contribution >= 0.6 is 0 Å². The molecule has 0 aromatic heterocycles. The summed E-state index contributed by atoms with van der Waals surface area (Å²) in [6.07, 6.45) is -0.514. The first-order chi connectivity index (χ1) is 19.7.